The van der Waals surface area contributed by atoms with Crippen molar-refractivity contribution in [1.82, 2.24) is 4.57 Å². The molecule has 0 unspecified atom stereocenters. The minimum atomic E-state index is -0.500. The molecule has 0 atom stereocenters. The highest BCUT2D eigenvalue weighted by Gasteiger charge is 2.21. The summed E-state index contributed by atoms with van der Waals surface area (Å²) in [5.74, 6) is 0. The van der Waals surface area contributed by atoms with Crippen molar-refractivity contribution in [1.29, 1.82) is 0 Å². The lowest BCUT2D eigenvalue weighted by atomic mass is 10.0. The number of anilines is 1. The number of nitrogens with zero attached hydrogens (tertiary/aromatic N) is 2. The molecule has 2 aromatic carbocycles. The van der Waals surface area contributed by atoms with Crippen molar-refractivity contribution in [2.45, 2.75) is 60.1 Å². The van der Waals surface area contributed by atoms with Gasteiger partial charge in [0, 0.05) is 36.0 Å². The molecule has 5 nitrogen and oxygen atoms in total. The van der Waals surface area contributed by atoms with Crippen LogP contribution in [0.3, 0.4) is 0 Å². The van der Waals surface area contributed by atoms with Crippen LogP contribution < -0.4 is 4.31 Å². The summed E-state index contributed by atoms with van der Waals surface area (Å²) in [7, 11) is 0. The Labute approximate surface area is 220 Å². The summed E-state index contributed by atoms with van der Waals surface area (Å²) in [6.45, 7) is 19.7. The first kappa shape index (κ1) is 32.6. The number of rotatable bonds is 2. The van der Waals surface area contributed by atoms with Crippen LogP contribution in [0.25, 0.3) is 10.9 Å². The number of carboxylic acid groups (broad SMARTS) is 1. The first-order valence-corrected chi connectivity index (χ1v) is 13.0. The van der Waals surface area contributed by atoms with Crippen LogP contribution in [0.1, 0.15) is 44.4 Å². The van der Waals surface area contributed by atoms with E-state index in [-0.39, 0.29) is 6.47 Å². The van der Waals surface area contributed by atoms with E-state index in [2.05, 4.69) is 60.5 Å². The molecule has 1 aliphatic rings. The minimum Gasteiger partial charge on any atom is -0.483 e. The summed E-state index contributed by atoms with van der Waals surface area (Å²) in [6.07, 6.45) is 5.51. The SMILES string of the molecule is C=C.CC(C)(C)O.CCc1cc2ccn3c2c(c1C)N(SC)CC3.Cc1ccc(Cl)cc1.O=CO. The molecular formula is C28H41ClN2O3S. The summed E-state index contributed by atoms with van der Waals surface area (Å²) >= 11 is 7.45. The van der Waals surface area contributed by atoms with Crippen molar-refractivity contribution in [3.05, 3.63) is 77.5 Å². The van der Waals surface area contributed by atoms with Crippen LogP contribution in [0.2, 0.25) is 5.02 Å². The molecule has 0 radical (unpaired) electrons. The van der Waals surface area contributed by atoms with E-state index in [0.717, 1.165) is 24.5 Å². The van der Waals surface area contributed by atoms with Crippen molar-refractivity contribution in [2.75, 3.05) is 17.1 Å². The van der Waals surface area contributed by atoms with Crippen LogP contribution in [-0.4, -0.2) is 39.7 Å². The Morgan fingerprint density at radius 1 is 1.11 bits per heavy atom. The molecule has 0 saturated carbocycles. The number of carbonyl (C=O) groups is 1. The fourth-order valence-corrected chi connectivity index (χ4v) is 4.19. The second kappa shape index (κ2) is 16.3. The molecular weight excluding hydrogens is 480 g/mol. The maximum Gasteiger partial charge on any atom is 0.290 e. The molecule has 7 heteroatoms. The third-order valence-corrected chi connectivity index (χ3v) is 5.85. The van der Waals surface area contributed by atoms with E-state index >= 15 is 0 Å². The molecule has 0 spiro atoms. The Hall–Kier alpha value is -2.41. The van der Waals surface area contributed by atoms with Gasteiger partial charge in [-0.3, -0.25) is 4.79 Å². The van der Waals surface area contributed by atoms with E-state index < -0.39 is 5.60 Å². The van der Waals surface area contributed by atoms with Gasteiger partial charge in [0.15, 0.2) is 0 Å². The average Bonchev–Trinajstić information content (AvgIpc) is 3.22. The molecule has 194 valence electrons. The topological polar surface area (TPSA) is 65.7 Å². The van der Waals surface area contributed by atoms with Gasteiger partial charge in [-0.1, -0.05) is 48.2 Å². The van der Waals surface area contributed by atoms with Crippen molar-refractivity contribution < 1.29 is 15.0 Å². The van der Waals surface area contributed by atoms with E-state index in [4.69, 9.17) is 26.6 Å². The first-order valence-electron chi connectivity index (χ1n) is 11.4. The van der Waals surface area contributed by atoms with Gasteiger partial charge in [-0.2, -0.15) is 0 Å². The molecule has 0 aliphatic carbocycles. The fourth-order valence-electron chi connectivity index (χ4n) is 3.39. The zero-order valence-electron chi connectivity index (χ0n) is 22.1. The number of hydrogen-bond acceptors (Lipinski definition) is 4. The third kappa shape index (κ3) is 11.2. The van der Waals surface area contributed by atoms with Gasteiger partial charge in [0.2, 0.25) is 0 Å². The van der Waals surface area contributed by atoms with Gasteiger partial charge in [0.1, 0.15) is 0 Å². The maximum atomic E-state index is 8.52. The molecule has 35 heavy (non-hydrogen) atoms. The molecule has 0 fully saturated rings. The molecule has 4 rings (SSSR count). The third-order valence-electron chi connectivity index (χ3n) is 4.79. The molecule has 0 bridgehead atoms. The van der Waals surface area contributed by atoms with Gasteiger partial charge in [0.25, 0.3) is 6.47 Å². The van der Waals surface area contributed by atoms with Gasteiger partial charge in [0.05, 0.1) is 16.8 Å². The van der Waals surface area contributed by atoms with Crippen LogP contribution in [0, 0.1) is 13.8 Å². The molecule has 1 aliphatic heterocycles. The highest BCUT2D eigenvalue weighted by atomic mass is 35.5. The number of hydrogen-bond donors (Lipinski definition) is 2. The molecule has 0 amide bonds. The first-order chi connectivity index (χ1) is 16.5. The smallest absolute Gasteiger partial charge is 0.290 e. The highest BCUT2D eigenvalue weighted by Crippen LogP contribution is 2.39. The molecule has 2 heterocycles. The Kier molecular flexibility index (Phi) is 15.2. The summed E-state index contributed by atoms with van der Waals surface area (Å²) < 4.78 is 4.83. The fraction of sp³-hybridized carbons (Fsp3) is 0.393. The normalized spacial score (nSPS) is 11.4. The Morgan fingerprint density at radius 3 is 2.06 bits per heavy atom. The number of benzene rings is 2. The zero-order valence-corrected chi connectivity index (χ0v) is 23.7. The lowest BCUT2D eigenvalue weighted by Gasteiger charge is -2.30. The Morgan fingerprint density at radius 2 is 1.63 bits per heavy atom. The van der Waals surface area contributed by atoms with Crippen LogP contribution in [0.15, 0.2) is 55.8 Å². The van der Waals surface area contributed by atoms with E-state index in [1.54, 1.807) is 20.8 Å². The van der Waals surface area contributed by atoms with Crippen LogP contribution in [-0.2, 0) is 17.8 Å². The van der Waals surface area contributed by atoms with Gasteiger partial charge in [-0.25, -0.2) is 0 Å². The van der Waals surface area contributed by atoms with E-state index in [1.807, 2.05) is 43.1 Å². The molecule has 2 N–H and O–H groups in total. The van der Waals surface area contributed by atoms with E-state index in [1.165, 1.54) is 33.3 Å². The van der Waals surface area contributed by atoms with Crippen molar-refractivity contribution in [2.24, 2.45) is 0 Å². The van der Waals surface area contributed by atoms with Gasteiger partial charge < -0.3 is 19.1 Å². The van der Waals surface area contributed by atoms with Gasteiger partial charge in [-0.15, -0.1) is 13.2 Å². The second-order valence-corrected chi connectivity index (χ2v) is 9.91. The number of aromatic nitrogens is 1. The van der Waals surface area contributed by atoms with Crippen molar-refractivity contribution >= 4 is 46.6 Å². The van der Waals surface area contributed by atoms with Crippen LogP contribution in [0.4, 0.5) is 5.69 Å². The highest BCUT2D eigenvalue weighted by molar-refractivity contribution is 8.00. The van der Waals surface area contributed by atoms with Crippen molar-refractivity contribution in [3.8, 4) is 0 Å². The standard InChI is InChI=1S/C14H18N2S.C7H7Cl.C4H10O.C2H4.CH2O2/c1-4-11-9-12-5-6-15-7-8-16(17-3)13(10(11)2)14(12)15;1-6-2-4-7(8)5-3-6;1-4(2,3)5;1-2;2-1-3/h5-6,9H,4,7-8H2,1-3H3;2-5H,1H3;5H,1-3H3;1-2H2;1H,(H,2,3). The second-order valence-electron chi connectivity index (χ2n) is 8.67. The number of aliphatic hydroxyl groups is 1. The van der Waals surface area contributed by atoms with Gasteiger partial charge >= 0.3 is 0 Å². The zero-order chi connectivity index (χ0) is 27.2. The lowest BCUT2D eigenvalue weighted by molar-refractivity contribution is -0.122. The van der Waals surface area contributed by atoms with E-state index in [9.17, 15) is 0 Å². The monoisotopic (exact) mass is 520 g/mol. The summed E-state index contributed by atoms with van der Waals surface area (Å²) in [5.41, 5.74) is 6.53. The largest absolute Gasteiger partial charge is 0.483 e. The van der Waals surface area contributed by atoms with Gasteiger partial charge in [-0.05, 0) is 76.4 Å². The summed E-state index contributed by atoms with van der Waals surface area (Å²) in [4.78, 5) is 8.36. The maximum absolute atomic E-state index is 8.52. The van der Waals surface area contributed by atoms with Crippen LogP contribution in [0.5, 0.6) is 0 Å². The molecule has 3 aromatic rings. The van der Waals surface area contributed by atoms with E-state index in [0.29, 0.717) is 0 Å². The predicted octanol–water partition coefficient (Wildman–Crippen LogP) is 7.54. The minimum absolute atomic E-state index is 0.250. The quantitative estimate of drug-likeness (QED) is 0.207. The molecule has 0 saturated heterocycles. The van der Waals surface area contributed by atoms with Crippen LogP contribution >= 0.6 is 23.5 Å². The predicted molar refractivity (Wildman–Crippen MR) is 155 cm³/mol. The summed E-state index contributed by atoms with van der Waals surface area (Å²) in [5, 5.41) is 17.6. The lowest BCUT2D eigenvalue weighted by Crippen LogP contribution is -2.26. The Bertz CT molecular complexity index is 1000. The Balaban J connectivity index is 0.000000537. The van der Waals surface area contributed by atoms with Crippen molar-refractivity contribution in [3.63, 3.8) is 0 Å². The molecule has 1 aromatic heterocycles. The average molecular weight is 521 g/mol. The summed E-state index contributed by atoms with van der Waals surface area (Å²) in [6, 6.07) is 12.4. The number of halogens is 1. The number of aryl methyl sites for hydroxylation is 2.